The fraction of sp³-hybridized carbons (Fsp3) is 0.200. The van der Waals surface area contributed by atoms with Gasteiger partial charge in [-0.15, -0.1) is 22.9 Å². The predicted molar refractivity (Wildman–Crippen MR) is 62.3 cm³/mol. The van der Waals surface area contributed by atoms with Gasteiger partial charge in [0.15, 0.2) is 0 Å². The first-order valence-electron chi connectivity index (χ1n) is 4.17. The molecule has 2 nitrogen and oxygen atoms in total. The molecule has 1 aromatic carbocycles. The number of nitrogen functional groups attached to an aromatic ring is 1. The minimum atomic E-state index is 0.529. The number of benzene rings is 1. The molecule has 0 radical (unpaired) electrons. The van der Waals surface area contributed by atoms with Gasteiger partial charge in [0.2, 0.25) is 0 Å². The van der Waals surface area contributed by atoms with Crippen molar-refractivity contribution < 1.29 is 4.74 Å². The molecule has 1 heterocycles. The van der Waals surface area contributed by atoms with Crippen LogP contribution in [0.4, 0.5) is 5.69 Å². The minimum absolute atomic E-state index is 0.529. The van der Waals surface area contributed by atoms with Gasteiger partial charge in [0, 0.05) is 4.88 Å². The summed E-state index contributed by atoms with van der Waals surface area (Å²) in [5.41, 5.74) is 6.64. The monoisotopic (exact) mass is 227 g/mol. The summed E-state index contributed by atoms with van der Waals surface area (Å²) in [4.78, 5) is 1.13. The third-order valence-electron chi connectivity index (χ3n) is 2.09. The van der Waals surface area contributed by atoms with E-state index in [-0.39, 0.29) is 0 Å². The molecule has 1 aromatic heterocycles. The van der Waals surface area contributed by atoms with Crippen molar-refractivity contribution in [3.63, 3.8) is 0 Å². The Morgan fingerprint density at radius 3 is 2.93 bits per heavy atom. The first-order chi connectivity index (χ1) is 6.76. The SMILES string of the molecule is COc1ccc2cc(CCl)sc2c1N. The van der Waals surface area contributed by atoms with Crippen molar-refractivity contribution in [2.75, 3.05) is 12.8 Å². The van der Waals surface area contributed by atoms with Crippen molar-refractivity contribution in [2.45, 2.75) is 5.88 Å². The molecule has 74 valence electrons. The van der Waals surface area contributed by atoms with Gasteiger partial charge in [-0.3, -0.25) is 0 Å². The summed E-state index contributed by atoms with van der Waals surface area (Å²) >= 11 is 7.38. The van der Waals surface area contributed by atoms with E-state index in [4.69, 9.17) is 22.1 Å². The van der Waals surface area contributed by atoms with E-state index >= 15 is 0 Å². The third-order valence-corrected chi connectivity index (χ3v) is 3.72. The molecule has 0 saturated carbocycles. The van der Waals surface area contributed by atoms with E-state index in [9.17, 15) is 0 Å². The van der Waals surface area contributed by atoms with Crippen LogP contribution in [-0.2, 0) is 5.88 Å². The topological polar surface area (TPSA) is 35.2 Å². The van der Waals surface area contributed by atoms with Crippen LogP contribution in [0.15, 0.2) is 18.2 Å². The Morgan fingerprint density at radius 1 is 1.50 bits per heavy atom. The van der Waals surface area contributed by atoms with Crippen molar-refractivity contribution in [2.24, 2.45) is 0 Å². The molecular formula is C10H10ClNOS. The summed E-state index contributed by atoms with van der Waals surface area (Å²) in [6.45, 7) is 0. The van der Waals surface area contributed by atoms with Crippen LogP contribution < -0.4 is 10.5 Å². The molecule has 0 saturated heterocycles. The molecule has 0 aliphatic rings. The Kier molecular flexibility index (Phi) is 2.52. The molecule has 0 fully saturated rings. The van der Waals surface area contributed by atoms with Crippen LogP contribution in [0.25, 0.3) is 10.1 Å². The van der Waals surface area contributed by atoms with E-state index in [2.05, 4.69) is 6.07 Å². The second kappa shape index (κ2) is 3.67. The number of nitrogens with two attached hydrogens (primary N) is 1. The zero-order chi connectivity index (χ0) is 10.1. The van der Waals surface area contributed by atoms with Gasteiger partial charge in [0.25, 0.3) is 0 Å². The lowest BCUT2D eigenvalue weighted by Crippen LogP contribution is -1.91. The number of methoxy groups -OCH3 is 1. The van der Waals surface area contributed by atoms with Gasteiger partial charge < -0.3 is 10.5 Å². The molecule has 0 unspecified atom stereocenters. The minimum Gasteiger partial charge on any atom is -0.495 e. The van der Waals surface area contributed by atoms with Gasteiger partial charge >= 0.3 is 0 Å². The van der Waals surface area contributed by atoms with Crippen LogP contribution in [0.3, 0.4) is 0 Å². The normalized spacial score (nSPS) is 10.7. The Bertz CT molecular complexity index is 466. The number of hydrogen-bond acceptors (Lipinski definition) is 3. The van der Waals surface area contributed by atoms with Crippen molar-refractivity contribution in [1.29, 1.82) is 0 Å². The summed E-state index contributed by atoms with van der Waals surface area (Å²) in [6.07, 6.45) is 0. The second-order valence-electron chi connectivity index (χ2n) is 2.95. The van der Waals surface area contributed by atoms with E-state index in [1.807, 2.05) is 12.1 Å². The maximum atomic E-state index is 5.94. The summed E-state index contributed by atoms with van der Waals surface area (Å²) in [6, 6.07) is 5.93. The first kappa shape index (κ1) is 9.62. The number of halogens is 1. The molecule has 4 heteroatoms. The Balaban J connectivity index is 2.68. The number of ether oxygens (including phenoxy) is 1. The van der Waals surface area contributed by atoms with Gasteiger partial charge in [-0.1, -0.05) is 0 Å². The predicted octanol–water partition coefficient (Wildman–Crippen LogP) is 3.23. The maximum absolute atomic E-state index is 5.94. The average molecular weight is 228 g/mol. The van der Waals surface area contributed by atoms with Crippen LogP contribution in [0.1, 0.15) is 4.88 Å². The molecule has 2 N–H and O–H groups in total. The van der Waals surface area contributed by atoms with Crippen LogP contribution >= 0.6 is 22.9 Å². The number of alkyl halides is 1. The van der Waals surface area contributed by atoms with Crippen molar-refractivity contribution in [3.8, 4) is 5.75 Å². The molecular weight excluding hydrogens is 218 g/mol. The van der Waals surface area contributed by atoms with Crippen LogP contribution in [0.5, 0.6) is 5.75 Å². The first-order valence-corrected chi connectivity index (χ1v) is 5.52. The fourth-order valence-corrected chi connectivity index (χ4v) is 2.60. The number of fused-ring (bicyclic) bond motifs is 1. The highest BCUT2D eigenvalue weighted by atomic mass is 35.5. The Labute approximate surface area is 91.2 Å². The molecule has 0 aliphatic carbocycles. The highest BCUT2D eigenvalue weighted by Gasteiger charge is 2.08. The fourth-order valence-electron chi connectivity index (χ4n) is 1.40. The maximum Gasteiger partial charge on any atom is 0.143 e. The molecule has 0 spiro atoms. The molecule has 0 atom stereocenters. The van der Waals surface area contributed by atoms with Crippen molar-refractivity contribution in [1.82, 2.24) is 0 Å². The number of thiophene rings is 1. The Morgan fingerprint density at radius 2 is 2.29 bits per heavy atom. The van der Waals surface area contributed by atoms with Gasteiger partial charge in [0.05, 0.1) is 23.4 Å². The van der Waals surface area contributed by atoms with E-state index in [1.54, 1.807) is 18.4 Å². The largest absolute Gasteiger partial charge is 0.495 e. The second-order valence-corrected chi connectivity index (χ2v) is 4.35. The van der Waals surface area contributed by atoms with Crippen molar-refractivity contribution in [3.05, 3.63) is 23.1 Å². The highest BCUT2D eigenvalue weighted by molar-refractivity contribution is 7.19. The highest BCUT2D eigenvalue weighted by Crippen LogP contribution is 2.36. The quantitative estimate of drug-likeness (QED) is 0.632. The van der Waals surface area contributed by atoms with Crippen LogP contribution in [0.2, 0.25) is 0 Å². The van der Waals surface area contributed by atoms with E-state index in [1.165, 1.54) is 0 Å². The van der Waals surface area contributed by atoms with Gasteiger partial charge in [-0.25, -0.2) is 0 Å². The van der Waals surface area contributed by atoms with Gasteiger partial charge in [-0.2, -0.15) is 0 Å². The van der Waals surface area contributed by atoms with Gasteiger partial charge in [0.1, 0.15) is 5.75 Å². The van der Waals surface area contributed by atoms with E-state index < -0.39 is 0 Å². The smallest absolute Gasteiger partial charge is 0.143 e. The lowest BCUT2D eigenvalue weighted by Gasteiger charge is -2.03. The lowest BCUT2D eigenvalue weighted by atomic mass is 10.2. The Hall–Kier alpha value is -0.930. The molecule has 0 aliphatic heterocycles. The molecule has 0 bridgehead atoms. The summed E-state index contributed by atoms with van der Waals surface area (Å²) < 4.78 is 6.20. The average Bonchev–Trinajstić information content (AvgIpc) is 2.62. The van der Waals surface area contributed by atoms with Crippen LogP contribution in [0, 0.1) is 0 Å². The molecule has 2 rings (SSSR count). The number of rotatable bonds is 2. The van der Waals surface area contributed by atoms with Crippen LogP contribution in [-0.4, -0.2) is 7.11 Å². The summed E-state index contributed by atoms with van der Waals surface area (Å²) in [7, 11) is 1.62. The summed E-state index contributed by atoms with van der Waals surface area (Å²) in [5.74, 6) is 1.25. The standard InChI is InChI=1S/C10H10ClNOS/c1-13-8-3-2-6-4-7(5-11)14-10(6)9(8)12/h2-4H,5,12H2,1H3. The number of hydrogen-bond donors (Lipinski definition) is 1. The third kappa shape index (κ3) is 1.42. The van der Waals surface area contributed by atoms with E-state index in [0.29, 0.717) is 11.6 Å². The molecule has 14 heavy (non-hydrogen) atoms. The van der Waals surface area contributed by atoms with Crippen molar-refractivity contribution >= 4 is 38.7 Å². The van der Waals surface area contributed by atoms with E-state index in [0.717, 1.165) is 20.7 Å². The molecule has 2 aromatic rings. The zero-order valence-electron chi connectivity index (χ0n) is 7.71. The number of anilines is 1. The van der Waals surface area contributed by atoms with Gasteiger partial charge in [-0.05, 0) is 23.6 Å². The molecule has 0 amide bonds. The zero-order valence-corrected chi connectivity index (χ0v) is 9.28. The summed E-state index contributed by atoms with van der Waals surface area (Å²) in [5, 5.41) is 1.13. The lowest BCUT2D eigenvalue weighted by molar-refractivity contribution is 0.417.